The van der Waals surface area contributed by atoms with Crippen molar-refractivity contribution in [2.75, 3.05) is 32.5 Å². The van der Waals surface area contributed by atoms with Gasteiger partial charge in [0.15, 0.2) is 0 Å². The fourth-order valence-electron chi connectivity index (χ4n) is 1.36. The van der Waals surface area contributed by atoms with Crippen LogP contribution in [0.15, 0.2) is 23.1 Å². The molecule has 1 amide bonds. The molecule has 1 rings (SSSR count). The van der Waals surface area contributed by atoms with Crippen LogP contribution in [0.25, 0.3) is 0 Å². The first-order valence-corrected chi connectivity index (χ1v) is 7.53. The second-order valence-corrected chi connectivity index (χ2v) is 6.02. The fourth-order valence-corrected chi connectivity index (χ4v) is 2.63. The number of sulfonamides is 1. The average molecular weight is 322 g/mol. The van der Waals surface area contributed by atoms with Gasteiger partial charge >= 0.3 is 0 Å². The quantitative estimate of drug-likeness (QED) is 0.482. The number of halogens is 1. The van der Waals surface area contributed by atoms with Crippen molar-refractivity contribution in [3.05, 3.63) is 23.2 Å². The highest BCUT2D eigenvalue weighted by Gasteiger charge is 2.18. The molecule has 0 aliphatic carbocycles. The Morgan fingerprint density at radius 2 is 2.15 bits per heavy atom. The summed E-state index contributed by atoms with van der Waals surface area (Å²) >= 11 is 5.69. The maximum Gasteiger partial charge on any atom is 0.243 e. The van der Waals surface area contributed by atoms with Crippen molar-refractivity contribution >= 4 is 33.2 Å². The third-order valence-corrected chi connectivity index (χ3v) is 4.02. The van der Waals surface area contributed by atoms with Gasteiger partial charge in [-0.3, -0.25) is 4.79 Å². The van der Waals surface area contributed by atoms with E-state index in [1.807, 2.05) is 0 Å². The van der Waals surface area contributed by atoms with Crippen LogP contribution in [-0.4, -0.2) is 41.1 Å². The van der Waals surface area contributed by atoms with E-state index in [1.165, 1.54) is 25.3 Å². The lowest BCUT2D eigenvalue weighted by atomic mass is 10.3. The van der Waals surface area contributed by atoms with Gasteiger partial charge in [-0.05, 0) is 18.2 Å². The molecule has 7 nitrogen and oxygen atoms in total. The summed E-state index contributed by atoms with van der Waals surface area (Å²) in [4.78, 5) is 11.3. The van der Waals surface area contributed by atoms with Crippen molar-refractivity contribution < 1.29 is 17.9 Å². The van der Waals surface area contributed by atoms with Gasteiger partial charge in [-0.2, -0.15) is 0 Å². The standard InChI is InChI=1S/C11H16ClN3O4S/c1-19-5-4-14-11(16)7-15-20(17,18)10-3-2-8(12)6-9(10)13/h2-3,6,15H,4-5,7,13H2,1H3,(H,14,16). The van der Waals surface area contributed by atoms with E-state index >= 15 is 0 Å². The van der Waals surface area contributed by atoms with E-state index in [1.54, 1.807) is 0 Å². The van der Waals surface area contributed by atoms with Gasteiger partial charge in [0.2, 0.25) is 15.9 Å². The average Bonchev–Trinajstić information content (AvgIpc) is 2.36. The predicted molar refractivity (Wildman–Crippen MR) is 75.9 cm³/mol. The molecule has 1 aromatic rings. The van der Waals surface area contributed by atoms with E-state index in [2.05, 4.69) is 10.0 Å². The molecular formula is C11H16ClN3O4S. The Morgan fingerprint density at radius 1 is 1.45 bits per heavy atom. The molecule has 0 radical (unpaired) electrons. The molecule has 0 bridgehead atoms. The second kappa shape index (κ2) is 7.44. The molecule has 0 heterocycles. The van der Waals surface area contributed by atoms with Crippen molar-refractivity contribution in [2.24, 2.45) is 0 Å². The minimum Gasteiger partial charge on any atom is -0.398 e. The second-order valence-electron chi connectivity index (χ2n) is 3.85. The summed E-state index contributed by atoms with van der Waals surface area (Å²) in [5.41, 5.74) is 5.61. The molecule has 112 valence electrons. The van der Waals surface area contributed by atoms with Crippen molar-refractivity contribution in [1.82, 2.24) is 10.0 Å². The summed E-state index contributed by atoms with van der Waals surface area (Å²) in [5, 5.41) is 2.82. The number of carbonyl (C=O) groups is 1. The van der Waals surface area contributed by atoms with E-state index in [0.29, 0.717) is 18.2 Å². The van der Waals surface area contributed by atoms with Crippen LogP contribution in [0.3, 0.4) is 0 Å². The Balaban J connectivity index is 2.64. The Bertz CT molecular complexity index is 577. The van der Waals surface area contributed by atoms with Gasteiger partial charge in [0.05, 0.1) is 18.8 Å². The third kappa shape index (κ3) is 4.97. The Morgan fingerprint density at radius 3 is 2.75 bits per heavy atom. The number of ether oxygens (including phenoxy) is 1. The first kappa shape index (κ1) is 16.7. The number of rotatable bonds is 7. The molecule has 0 unspecified atom stereocenters. The zero-order valence-electron chi connectivity index (χ0n) is 10.8. The van der Waals surface area contributed by atoms with Gasteiger partial charge in [0.1, 0.15) is 4.90 Å². The van der Waals surface area contributed by atoms with Gasteiger partial charge in [-0.1, -0.05) is 11.6 Å². The molecule has 0 atom stereocenters. The maximum absolute atomic E-state index is 12.0. The lowest BCUT2D eigenvalue weighted by Crippen LogP contribution is -2.38. The van der Waals surface area contributed by atoms with Gasteiger partial charge in [-0.25, -0.2) is 13.1 Å². The molecule has 0 saturated heterocycles. The van der Waals surface area contributed by atoms with Crippen molar-refractivity contribution in [3.8, 4) is 0 Å². The van der Waals surface area contributed by atoms with Gasteiger partial charge in [0.25, 0.3) is 0 Å². The number of carbonyl (C=O) groups excluding carboxylic acids is 1. The topological polar surface area (TPSA) is 111 Å². The highest BCUT2D eigenvalue weighted by Crippen LogP contribution is 2.21. The molecule has 0 fully saturated rings. The van der Waals surface area contributed by atoms with Crippen molar-refractivity contribution in [1.29, 1.82) is 0 Å². The van der Waals surface area contributed by atoms with E-state index in [-0.39, 0.29) is 17.1 Å². The Hall–Kier alpha value is -1.35. The lowest BCUT2D eigenvalue weighted by Gasteiger charge is -2.09. The van der Waals surface area contributed by atoms with E-state index in [0.717, 1.165) is 0 Å². The zero-order chi connectivity index (χ0) is 15.2. The number of amides is 1. The van der Waals surface area contributed by atoms with Crippen LogP contribution in [0.5, 0.6) is 0 Å². The Kier molecular flexibility index (Phi) is 6.21. The summed E-state index contributed by atoms with van der Waals surface area (Å²) in [6.07, 6.45) is 0. The predicted octanol–water partition coefficient (Wildman–Crippen LogP) is -0.0369. The number of hydrogen-bond donors (Lipinski definition) is 3. The van der Waals surface area contributed by atoms with Gasteiger partial charge in [-0.15, -0.1) is 0 Å². The lowest BCUT2D eigenvalue weighted by molar-refractivity contribution is -0.120. The zero-order valence-corrected chi connectivity index (χ0v) is 12.4. The number of nitrogen functional groups attached to an aromatic ring is 1. The fraction of sp³-hybridized carbons (Fsp3) is 0.364. The minimum absolute atomic E-state index is 0.0183. The molecule has 0 aliphatic heterocycles. The molecule has 0 saturated carbocycles. The van der Waals surface area contributed by atoms with Crippen LogP contribution < -0.4 is 15.8 Å². The summed E-state index contributed by atoms with van der Waals surface area (Å²) in [6.45, 7) is 0.275. The van der Waals surface area contributed by atoms with Gasteiger partial charge in [0, 0.05) is 18.7 Å². The molecular weight excluding hydrogens is 306 g/mol. The number of anilines is 1. The van der Waals surface area contributed by atoms with Gasteiger partial charge < -0.3 is 15.8 Å². The number of benzene rings is 1. The molecule has 0 aliphatic rings. The van der Waals surface area contributed by atoms with Crippen molar-refractivity contribution in [2.45, 2.75) is 4.90 Å². The summed E-state index contributed by atoms with van der Waals surface area (Å²) in [5.74, 6) is -0.460. The molecule has 0 spiro atoms. The molecule has 1 aromatic carbocycles. The first-order chi connectivity index (χ1) is 9.36. The molecule has 20 heavy (non-hydrogen) atoms. The smallest absolute Gasteiger partial charge is 0.243 e. The largest absolute Gasteiger partial charge is 0.398 e. The minimum atomic E-state index is -3.86. The number of nitrogens with two attached hydrogens (primary N) is 1. The highest BCUT2D eigenvalue weighted by atomic mass is 35.5. The molecule has 9 heteroatoms. The van der Waals surface area contributed by atoms with Crippen molar-refractivity contribution in [3.63, 3.8) is 0 Å². The summed E-state index contributed by atoms with van der Waals surface area (Å²) in [7, 11) is -2.36. The molecule has 0 aromatic heterocycles. The van der Waals surface area contributed by atoms with E-state index in [9.17, 15) is 13.2 Å². The van der Waals surface area contributed by atoms with Crippen LogP contribution in [0, 0.1) is 0 Å². The number of hydrogen-bond acceptors (Lipinski definition) is 5. The summed E-state index contributed by atoms with van der Waals surface area (Å²) < 4.78 is 30.8. The number of nitrogens with one attached hydrogen (secondary N) is 2. The highest BCUT2D eigenvalue weighted by molar-refractivity contribution is 7.89. The Labute approximate surface area is 122 Å². The van der Waals surface area contributed by atoms with E-state index < -0.39 is 15.9 Å². The maximum atomic E-state index is 12.0. The van der Waals surface area contributed by atoms with Crippen LogP contribution >= 0.6 is 11.6 Å². The van der Waals surface area contributed by atoms with E-state index in [4.69, 9.17) is 22.1 Å². The van der Waals surface area contributed by atoms with Crippen LogP contribution in [0.2, 0.25) is 5.02 Å². The van der Waals surface area contributed by atoms with Crippen LogP contribution in [0.4, 0.5) is 5.69 Å². The monoisotopic (exact) mass is 321 g/mol. The SMILES string of the molecule is COCCNC(=O)CNS(=O)(=O)c1ccc(Cl)cc1N. The normalized spacial score (nSPS) is 11.3. The number of methoxy groups -OCH3 is 1. The summed E-state index contributed by atoms with van der Waals surface area (Å²) in [6, 6.07) is 4.02. The first-order valence-electron chi connectivity index (χ1n) is 5.67. The van der Waals surface area contributed by atoms with Crippen LogP contribution in [0.1, 0.15) is 0 Å². The third-order valence-electron chi connectivity index (χ3n) is 2.31. The van der Waals surface area contributed by atoms with Crippen LogP contribution in [-0.2, 0) is 19.6 Å². The molecule has 4 N–H and O–H groups in total.